The number of hydrogen-bond acceptors (Lipinski definition) is 5. The summed E-state index contributed by atoms with van der Waals surface area (Å²) in [6.07, 6.45) is 0.934. The topological polar surface area (TPSA) is 70.3 Å². The molecule has 1 aromatic rings. The summed E-state index contributed by atoms with van der Waals surface area (Å²) in [4.78, 5) is 8.12. The minimum Gasteiger partial charge on any atom is -0.478 e. The molecular weight excluding hydrogens is 182 g/mol. The number of hydrogen-bond donors (Lipinski definition) is 1. The first kappa shape index (κ1) is 10.7. The van der Waals surface area contributed by atoms with Crippen LogP contribution in [-0.4, -0.2) is 23.7 Å². The lowest BCUT2D eigenvalue weighted by molar-refractivity contribution is 0.176. The Hall–Kier alpha value is -1.36. The molecular formula is C9H15N3O2. The first-order chi connectivity index (χ1) is 6.76. The second-order valence-electron chi connectivity index (χ2n) is 2.83. The number of nitrogens with zero attached hydrogens (tertiary/aromatic N) is 2. The molecule has 0 aliphatic carbocycles. The largest absolute Gasteiger partial charge is 0.478 e. The maximum absolute atomic E-state index is 5.57. The minimum atomic E-state index is 0.341. The predicted molar refractivity (Wildman–Crippen MR) is 52.9 cm³/mol. The summed E-state index contributed by atoms with van der Waals surface area (Å²) in [5.74, 6) is 1.45. The van der Waals surface area contributed by atoms with E-state index in [1.165, 1.54) is 0 Å². The van der Waals surface area contributed by atoms with E-state index >= 15 is 0 Å². The third-order valence-corrected chi connectivity index (χ3v) is 1.50. The molecule has 0 aliphatic rings. The van der Waals surface area contributed by atoms with Crippen molar-refractivity contribution in [1.82, 2.24) is 9.97 Å². The summed E-state index contributed by atoms with van der Waals surface area (Å²) in [5.41, 5.74) is 5.57. The van der Waals surface area contributed by atoms with Gasteiger partial charge in [-0.2, -0.15) is 4.98 Å². The molecule has 0 fully saturated rings. The van der Waals surface area contributed by atoms with Crippen LogP contribution in [0, 0.1) is 0 Å². The Labute approximate surface area is 83.3 Å². The standard InChI is InChI=1S/C9H15N3O2/c1-3-4-14-9-5-7(10)11-8(12-9)6-13-2/h5H,3-4,6H2,1-2H3,(H2,10,11,12). The number of nitrogens with two attached hydrogens (primary N) is 1. The molecule has 0 spiro atoms. The molecule has 0 aromatic carbocycles. The van der Waals surface area contributed by atoms with Gasteiger partial charge in [0.2, 0.25) is 5.88 Å². The molecule has 78 valence electrons. The van der Waals surface area contributed by atoms with Crippen LogP contribution >= 0.6 is 0 Å². The maximum atomic E-state index is 5.57. The Bertz CT molecular complexity index is 291. The summed E-state index contributed by atoms with van der Waals surface area (Å²) >= 11 is 0. The van der Waals surface area contributed by atoms with Gasteiger partial charge in [0.15, 0.2) is 5.82 Å². The van der Waals surface area contributed by atoms with Crippen molar-refractivity contribution in [2.75, 3.05) is 19.5 Å². The van der Waals surface area contributed by atoms with Crippen molar-refractivity contribution in [3.05, 3.63) is 11.9 Å². The third kappa shape index (κ3) is 3.18. The Kier molecular flexibility index (Phi) is 4.12. The highest BCUT2D eigenvalue weighted by Crippen LogP contribution is 2.11. The van der Waals surface area contributed by atoms with Crippen LogP contribution in [0.1, 0.15) is 19.2 Å². The zero-order valence-corrected chi connectivity index (χ0v) is 8.49. The summed E-state index contributed by atoms with van der Waals surface area (Å²) in [6.45, 7) is 3.00. The lowest BCUT2D eigenvalue weighted by atomic mass is 10.5. The number of aromatic nitrogens is 2. The smallest absolute Gasteiger partial charge is 0.218 e. The van der Waals surface area contributed by atoms with Crippen LogP contribution in [-0.2, 0) is 11.3 Å². The fraction of sp³-hybridized carbons (Fsp3) is 0.556. The van der Waals surface area contributed by atoms with Gasteiger partial charge in [-0.05, 0) is 6.42 Å². The Morgan fingerprint density at radius 3 is 2.86 bits per heavy atom. The van der Waals surface area contributed by atoms with Gasteiger partial charge in [-0.3, -0.25) is 0 Å². The second kappa shape index (κ2) is 5.39. The molecule has 5 heteroatoms. The van der Waals surface area contributed by atoms with E-state index in [2.05, 4.69) is 9.97 Å². The van der Waals surface area contributed by atoms with Crippen molar-refractivity contribution >= 4 is 5.82 Å². The second-order valence-corrected chi connectivity index (χ2v) is 2.83. The minimum absolute atomic E-state index is 0.341. The fourth-order valence-electron chi connectivity index (χ4n) is 0.967. The molecule has 0 amide bonds. The lowest BCUT2D eigenvalue weighted by Crippen LogP contribution is -2.05. The van der Waals surface area contributed by atoms with E-state index < -0.39 is 0 Å². The van der Waals surface area contributed by atoms with Crippen LogP contribution in [0.5, 0.6) is 5.88 Å². The summed E-state index contributed by atoms with van der Waals surface area (Å²) in [5, 5.41) is 0. The highest BCUT2D eigenvalue weighted by atomic mass is 16.5. The Balaban J connectivity index is 2.73. The predicted octanol–water partition coefficient (Wildman–Crippen LogP) is 0.994. The molecule has 2 N–H and O–H groups in total. The maximum Gasteiger partial charge on any atom is 0.218 e. The van der Waals surface area contributed by atoms with E-state index in [4.69, 9.17) is 15.2 Å². The summed E-state index contributed by atoms with van der Waals surface area (Å²) in [7, 11) is 1.58. The molecule has 0 saturated carbocycles. The number of nitrogen functional groups attached to an aromatic ring is 1. The van der Waals surface area contributed by atoms with Crippen molar-refractivity contribution < 1.29 is 9.47 Å². The van der Waals surface area contributed by atoms with E-state index in [0.29, 0.717) is 30.7 Å². The van der Waals surface area contributed by atoms with Crippen LogP contribution in [0.15, 0.2) is 6.07 Å². The first-order valence-corrected chi connectivity index (χ1v) is 4.51. The van der Waals surface area contributed by atoms with E-state index in [1.807, 2.05) is 6.92 Å². The van der Waals surface area contributed by atoms with Crippen LogP contribution in [0.2, 0.25) is 0 Å². The van der Waals surface area contributed by atoms with Gasteiger partial charge in [0, 0.05) is 13.2 Å². The lowest BCUT2D eigenvalue weighted by Gasteiger charge is -2.06. The Morgan fingerprint density at radius 1 is 1.43 bits per heavy atom. The van der Waals surface area contributed by atoms with Gasteiger partial charge in [-0.25, -0.2) is 4.98 Å². The highest BCUT2D eigenvalue weighted by Gasteiger charge is 2.02. The first-order valence-electron chi connectivity index (χ1n) is 4.51. The van der Waals surface area contributed by atoms with Gasteiger partial charge in [-0.15, -0.1) is 0 Å². The molecule has 14 heavy (non-hydrogen) atoms. The van der Waals surface area contributed by atoms with Crippen LogP contribution < -0.4 is 10.5 Å². The zero-order chi connectivity index (χ0) is 10.4. The quantitative estimate of drug-likeness (QED) is 0.762. The van der Waals surface area contributed by atoms with Crippen molar-refractivity contribution in [2.45, 2.75) is 20.0 Å². The zero-order valence-electron chi connectivity index (χ0n) is 8.49. The van der Waals surface area contributed by atoms with Gasteiger partial charge >= 0.3 is 0 Å². The average molecular weight is 197 g/mol. The molecule has 0 unspecified atom stereocenters. The number of rotatable bonds is 5. The van der Waals surface area contributed by atoms with Crippen molar-refractivity contribution in [3.8, 4) is 5.88 Å². The highest BCUT2D eigenvalue weighted by molar-refractivity contribution is 5.32. The molecule has 1 aromatic heterocycles. The Morgan fingerprint density at radius 2 is 2.21 bits per heavy atom. The molecule has 0 radical (unpaired) electrons. The number of anilines is 1. The van der Waals surface area contributed by atoms with E-state index in [0.717, 1.165) is 6.42 Å². The average Bonchev–Trinajstić information content (AvgIpc) is 2.14. The molecule has 1 rings (SSSR count). The van der Waals surface area contributed by atoms with Gasteiger partial charge in [0.1, 0.15) is 12.4 Å². The van der Waals surface area contributed by atoms with Gasteiger partial charge < -0.3 is 15.2 Å². The van der Waals surface area contributed by atoms with Gasteiger partial charge in [-0.1, -0.05) is 6.92 Å². The molecule has 1 heterocycles. The van der Waals surface area contributed by atoms with Crippen LogP contribution in [0.25, 0.3) is 0 Å². The van der Waals surface area contributed by atoms with Crippen molar-refractivity contribution in [3.63, 3.8) is 0 Å². The molecule has 0 atom stereocenters. The van der Waals surface area contributed by atoms with Gasteiger partial charge in [0.05, 0.1) is 6.61 Å². The molecule has 0 bridgehead atoms. The van der Waals surface area contributed by atoms with E-state index in [1.54, 1.807) is 13.2 Å². The third-order valence-electron chi connectivity index (χ3n) is 1.50. The molecule has 0 aliphatic heterocycles. The monoisotopic (exact) mass is 197 g/mol. The fourth-order valence-corrected chi connectivity index (χ4v) is 0.967. The van der Waals surface area contributed by atoms with Crippen LogP contribution in [0.3, 0.4) is 0 Å². The summed E-state index contributed by atoms with van der Waals surface area (Å²) < 4.78 is 10.2. The van der Waals surface area contributed by atoms with Crippen molar-refractivity contribution in [1.29, 1.82) is 0 Å². The van der Waals surface area contributed by atoms with E-state index in [-0.39, 0.29) is 0 Å². The summed E-state index contributed by atoms with van der Waals surface area (Å²) in [6, 6.07) is 1.61. The SMILES string of the molecule is CCCOc1cc(N)nc(COC)n1. The van der Waals surface area contributed by atoms with Crippen molar-refractivity contribution in [2.24, 2.45) is 0 Å². The van der Waals surface area contributed by atoms with Crippen LogP contribution in [0.4, 0.5) is 5.82 Å². The molecule has 0 saturated heterocycles. The normalized spacial score (nSPS) is 10.1. The number of ether oxygens (including phenoxy) is 2. The number of methoxy groups -OCH3 is 1. The molecule has 5 nitrogen and oxygen atoms in total. The van der Waals surface area contributed by atoms with E-state index in [9.17, 15) is 0 Å². The van der Waals surface area contributed by atoms with Gasteiger partial charge in [0.25, 0.3) is 0 Å².